The van der Waals surface area contributed by atoms with Gasteiger partial charge in [-0.2, -0.15) is 0 Å². The van der Waals surface area contributed by atoms with Crippen LogP contribution in [-0.4, -0.2) is 54.4 Å². The third-order valence-corrected chi connectivity index (χ3v) is 3.90. The highest BCUT2D eigenvalue weighted by molar-refractivity contribution is 9.09. The Morgan fingerprint density at radius 1 is 1.33 bits per heavy atom. The van der Waals surface area contributed by atoms with Gasteiger partial charge in [-0.1, -0.05) is 29.3 Å². The fraction of sp³-hybridized carbons (Fsp3) is 1.00. The quantitative estimate of drug-likeness (QED) is 0.689. The Morgan fingerprint density at radius 3 is 2.73 bits per heavy atom. The molecular formula is C12H25BrN2. The van der Waals surface area contributed by atoms with Gasteiger partial charge in [-0.25, -0.2) is 0 Å². The molecule has 15 heavy (non-hydrogen) atoms. The molecule has 1 heterocycles. The maximum absolute atomic E-state index is 3.52. The van der Waals surface area contributed by atoms with Crippen molar-refractivity contribution in [1.29, 1.82) is 0 Å². The van der Waals surface area contributed by atoms with E-state index in [0.29, 0.717) is 0 Å². The van der Waals surface area contributed by atoms with Gasteiger partial charge in [0.2, 0.25) is 0 Å². The van der Waals surface area contributed by atoms with Crippen LogP contribution in [0, 0.1) is 0 Å². The molecule has 1 unspecified atom stereocenters. The predicted octanol–water partition coefficient (Wildman–Crippen LogP) is 2.58. The summed E-state index contributed by atoms with van der Waals surface area (Å²) in [7, 11) is 2.28. The van der Waals surface area contributed by atoms with Gasteiger partial charge in [0.25, 0.3) is 0 Å². The molecule has 1 rings (SSSR count). The molecule has 1 saturated heterocycles. The third kappa shape index (κ3) is 4.83. The Morgan fingerprint density at radius 2 is 2.13 bits per heavy atom. The van der Waals surface area contributed by atoms with Crippen LogP contribution >= 0.6 is 15.9 Å². The van der Waals surface area contributed by atoms with Crippen molar-refractivity contribution in [2.24, 2.45) is 0 Å². The van der Waals surface area contributed by atoms with E-state index < -0.39 is 0 Å². The Hall–Kier alpha value is 0.400. The summed E-state index contributed by atoms with van der Waals surface area (Å²) in [5.41, 5.74) is 0. The van der Waals surface area contributed by atoms with E-state index in [1.807, 2.05) is 0 Å². The van der Waals surface area contributed by atoms with Crippen molar-refractivity contribution in [3.05, 3.63) is 0 Å². The molecule has 0 radical (unpaired) electrons. The SMILES string of the molecule is CCN(CCBr)CCC1CCCCN1C. The molecule has 0 spiro atoms. The first-order chi connectivity index (χ1) is 7.27. The highest BCUT2D eigenvalue weighted by Crippen LogP contribution is 2.17. The molecule has 0 amide bonds. The Labute approximate surface area is 103 Å². The second kappa shape index (κ2) is 7.64. The summed E-state index contributed by atoms with van der Waals surface area (Å²) in [5, 5.41) is 1.10. The minimum atomic E-state index is 0.836. The Bertz CT molecular complexity index is 164. The van der Waals surface area contributed by atoms with Crippen LogP contribution in [0.4, 0.5) is 0 Å². The molecule has 3 heteroatoms. The topological polar surface area (TPSA) is 6.48 Å². The summed E-state index contributed by atoms with van der Waals surface area (Å²) in [6, 6.07) is 0.836. The van der Waals surface area contributed by atoms with E-state index in [9.17, 15) is 0 Å². The second-order valence-electron chi connectivity index (χ2n) is 4.54. The molecule has 1 aliphatic rings. The van der Waals surface area contributed by atoms with Crippen LogP contribution in [0.5, 0.6) is 0 Å². The first-order valence-corrected chi connectivity index (χ1v) is 7.38. The third-order valence-electron chi connectivity index (χ3n) is 3.55. The number of hydrogen-bond acceptors (Lipinski definition) is 2. The number of nitrogens with zero attached hydrogens (tertiary/aromatic N) is 2. The van der Waals surface area contributed by atoms with Crippen LogP contribution in [0.15, 0.2) is 0 Å². The van der Waals surface area contributed by atoms with Gasteiger partial charge < -0.3 is 9.80 Å². The van der Waals surface area contributed by atoms with Crippen LogP contribution < -0.4 is 0 Å². The summed E-state index contributed by atoms with van der Waals surface area (Å²) < 4.78 is 0. The van der Waals surface area contributed by atoms with Gasteiger partial charge in [-0.3, -0.25) is 0 Å². The van der Waals surface area contributed by atoms with Gasteiger partial charge in [-0.05, 0) is 45.9 Å². The van der Waals surface area contributed by atoms with Crippen molar-refractivity contribution < 1.29 is 0 Å². The molecule has 2 nitrogen and oxygen atoms in total. The highest BCUT2D eigenvalue weighted by Gasteiger charge is 2.18. The molecule has 1 atom stereocenters. The summed E-state index contributed by atoms with van der Waals surface area (Å²) in [4.78, 5) is 5.09. The van der Waals surface area contributed by atoms with E-state index in [1.165, 1.54) is 51.9 Å². The van der Waals surface area contributed by atoms with Gasteiger partial charge in [0.15, 0.2) is 0 Å². The van der Waals surface area contributed by atoms with E-state index in [1.54, 1.807) is 0 Å². The normalized spacial score (nSPS) is 23.6. The fourth-order valence-corrected chi connectivity index (χ4v) is 2.89. The van der Waals surface area contributed by atoms with Gasteiger partial charge >= 0.3 is 0 Å². The van der Waals surface area contributed by atoms with E-state index >= 15 is 0 Å². The molecule has 0 aliphatic carbocycles. The van der Waals surface area contributed by atoms with Crippen LogP contribution in [0.3, 0.4) is 0 Å². The Balaban J connectivity index is 2.21. The number of alkyl halides is 1. The lowest BCUT2D eigenvalue weighted by molar-refractivity contribution is 0.157. The highest BCUT2D eigenvalue weighted by atomic mass is 79.9. The maximum Gasteiger partial charge on any atom is 0.0159 e. The van der Waals surface area contributed by atoms with Crippen LogP contribution in [0.25, 0.3) is 0 Å². The average Bonchev–Trinajstić information content (AvgIpc) is 2.26. The van der Waals surface area contributed by atoms with E-state index in [-0.39, 0.29) is 0 Å². The lowest BCUT2D eigenvalue weighted by atomic mass is 10.00. The fourth-order valence-electron chi connectivity index (χ4n) is 2.39. The van der Waals surface area contributed by atoms with E-state index in [2.05, 4.69) is 39.7 Å². The minimum Gasteiger partial charge on any atom is -0.303 e. The van der Waals surface area contributed by atoms with Crippen molar-refractivity contribution in [3.8, 4) is 0 Å². The first-order valence-electron chi connectivity index (χ1n) is 6.26. The van der Waals surface area contributed by atoms with Crippen molar-refractivity contribution in [2.45, 2.75) is 38.6 Å². The van der Waals surface area contributed by atoms with Gasteiger partial charge in [0.1, 0.15) is 0 Å². The summed E-state index contributed by atoms with van der Waals surface area (Å²) in [6.07, 6.45) is 5.57. The zero-order valence-corrected chi connectivity index (χ0v) is 11.8. The second-order valence-corrected chi connectivity index (χ2v) is 5.34. The molecule has 0 bridgehead atoms. The van der Waals surface area contributed by atoms with Crippen LogP contribution in [0.2, 0.25) is 0 Å². The number of halogens is 1. The standard InChI is InChI=1S/C12H25BrN2/c1-3-15(11-8-13)10-7-12-6-4-5-9-14(12)2/h12H,3-11H2,1-2H3. The molecule has 0 aromatic heterocycles. The van der Waals surface area contributed by atoms with Crippen molar-refractivity contribution >= 4 is 15.9 Å². The molecule has 1 fully saturated rings. The average molecular weight is 277 g/mol. The number of likely N-dealkylation sites (tertiary alicyclic amines) is 1. The minimum absolute atomic E-state index is 0.836. The summed E-state index contributed by atoms with van der Waals surface area (Å²) in [5.74, 6) is 0. The predicted molar refractivity (Wildman–Crippen MR) is 70.8 cm³/mol. The van der Waals surface area contributed by atoms with Crippen molar-refractivity contribution in [3.63, 3.8) is 0 Å². The Kier molecular flexibility index (Phi) is 6.86. The smallest absolute Gasteiger partial charge is 0.0159 e. The lowest BCUT2D eigenvalue weighted by Crippen LogP contribution is -2.39. The molecule has 90 valence electrons. The van der Waals surface area contributed by atoms with Crippen LogP contribution in [0.1, 0.15) is 32.6 Å². The molecule has 0 N–H and O–H groups in total. The zero-order valence-electron chi connectivity index (χ0n) is 10.2. The first kappa shape index (κ1) is 13.5. The molecule has 0 aromatic rings. The molecule has 0 saturated carbocycles. The summed E-state index contributed by atoms with van der Waals surface area (Å²) in [6.45, 7) is 7.19. The van der Waals surface area contributed by atoms with Crippen LogP contribution in [-0.2, 0) is 0 Å². The molecule has 1 aliphatic heterocycles. The largest absolute Gasteiger partial charge is 0.303 e. The van der Waals surface area contributed by atoms with Crippen molar-refractivity contribution in [2.75, 3.05) is 38.6 Å². The maximum atomic E-state index is 3.52. The zero-order chi connectivity index (χ0) is 11.1. The van der Waals surface area contributed by atoms with E-state index in [4.69, 9.17) is 0 Å². The monoisotopic (exact) mass is 276 g/mol. The molecular weight excluding hydrogens is 252 g/mol. The van der Waals surface area contributed by atoms with Gasteiger partial charge in [0.05, 0.1) is 0 Å². The van der Waals surface area contributed by atoms with Gasteiger partial charge in [-0.15, -0.1) is 0 Å². The summed E-state index contributed by atoms with van der Waals surface area (Å²) >= 11 is 3.52. The van der Waals surface area contributed by atoms with E-state index in [0.717, 1.165) is 11.4 Å². The van der Waals surface area contributed by atoms with Crippen molar-refractivity contribution in [1.82, 2.24) is 9.80 Å². The number of hydrogen-bond donors (Lipinski definition) is 0. The number of piperidine rings is 1. The number of rotatable bonds is 6. The molecule has 0 aromatic carbocycles. The lowest BCUT2D eigenvalue weighted by Gasteiger charge is -2.34. The van der Waals surface area contributed by atoms with Gasteiger partial charge in [0, 0.05) is 17.9 Å².